The lowest BCUT2D eigenvalue weighted by molar-refractivity contribution is -0.118. The lowest BCUT2D eigenvalue weighted by Gasteiger charge is -2.27. The van der Waals surface area contributed by atoms with Crippen molar-refractivity contribution in [3.63, 3.8) is 0 Å². The molecular formula is C24H28N4O8. The van der Waals surface area contributed by atoms with Crippen LogP contribution in [0.2, 0.25) is 0 Å². The molecule has 1 aromatic heterocycles. The molecule has 3 fully saturated rings. The lowest BCUT2D eigenvalue weighted by Crippen LogP contribution is -2.42. The molecule has 2 unspecified atom stereocenters. The highest BCUT2D eigenvalue weighted by Crippen LogP contribution is 2.37. The number of rotatable bonds is 8. The highest BCUT2D eigenvalue weighted by Gasteiger charge is 2.43. The number of benzene rings is 1. The van der Waals surface area contributed by atoms with Crippen molar-refractivity contribution in [1.82, 2.24) is 15.1 Å². The molecule has 2 amide bonds. The van der Waals surface area contributed by atoms with Gasteiger partial charge in [-0.25, -0.2) is 4.79 Å². The molecule has 3 N–H and O–H groups in total. The van der Waals surface area contributed by atoms with Crippen LogP contribution in [0, 0.1) is 0 Å². The number of H-pyrrole nitrogens is 1. The number of aldehydes is 1. The third-order valence-corrected chi connectivity index (χ3v) is 6.90. The van der Waals surface area contributed by atoms with Crippen LogP contribution in [0.25, 0.3) is 0 Å². The van der Waals surface area contributed by atoms with Gasteiger partial charge in [0.25, 0.3) is 5.91 Å². The summed E-state index contributed by atoms with van der Waals surface area (Å²) in [5.41, 5.74) is 0.770. The van der Waals surface area contributed by atoms with Gasteiger partial charge in [0.05, 0.1) is 38.0 Å². The molecule has 1 aromatic carbocycles. The summed E-state index contributed by atoms with van der Waals surface area (Å²) >= 11 is 0. The topological polar surface area (TPSA) is 152 Å². The van der Waals surface area contributed by atoms with Gasteiger partial charge in [0.1, 0.15) is 23.4 Å². The summed E-state index contributed by atoms with van der Waals surface area (Å²) in [5, 5.41) is 19.7. The Labute approximate surface area is 206 Å². The Hall–Kier alpha value is -3.80. The molecule has 36 heavy (non-hydrogen) atoms. The maximum Gasteiger partial charge on any atom is 0.410 e. The van der Waals surface area contributed by atoms with Crippen molar-refractivity contribution in [1.29, 1.82) is 0 Å². The maximum atomic E-state index is 12.5. The van der Waals surface area contributed by atoms with E-state index in [2.05, 4.69) is 15.5 Å². The van der Waals surface area contributed by atoms with Gasteiger partial charge in [-0.3, -0.25) is 14.7 Å². The van der Waals surface area contributed by atoms with Crippen molar-refractivity contribution in [2.75, 3.05) is 32.2 Å². The molecular weight excluding hydrogens is 472 g/mol. The monoisotopic (exact) mass is 500 g/mol. The number of aromatic amines is 1. The fourth-order valence-electron chi connectivity index (χ4n) is 5.04. The van der Waals surface area contributed by atoms with Gasteiger partial charge < -0.3 is 34.3 Å². The van der Waals surface area contributed by atoms with Crippen LogP contribution in [-0.2, 0) is 14.3 Å². The number of methoxy groups -OCH3 is 1. The lowest BCUT2D eigenvalue weighted by atomic mass is 10.0. The number of phenolic OH excluding ortho intramolecular Hbond substituents is 1. The third kappa shape index (κ3) is 4.94. The minimum atomic E-state index is -0.491. The van der Waals surface area contributed by atoms with Crippen LogP contribution in [0.4, 0.5) is 10.6 Å². The second-order valence-corrected chi connectivity index (χ2v) is 9.23. The zero-order valence-electron chi connectivity index (χ0n) is 19.8. The Morgan fingerprint density at radius 1 is 1.31 bits per heavy atom. The summed E-state index contributed by atoms with van der Waals surface area (Å²) in [4.78, 5) is 37.9. The largest absolute Gasteiger partial charge is 0.507 e. The maximum absolute atomic E-state index is 12.5. The van der Waals surface area contributed by atoms with Crippen molar-refractivity contribution in [2.24, 2.45) is 0 Å². The van der Waals surface area contributed by atoms with Crippen LogP contribution >= 0.6 is 0 Å². The van der Waals surface area contributed by atoms with E-state index in [4.69, 9.17) is 18.9 Å². The highest BCUT2D eigenvalue weighted by molar-refractivity contribution is 5.91. The van der Waals surface area contributed by atoms with E-state index in [1.807, 2.05) is 0 Å². The van der Waals surface area contributed by atoms with E-state index >= 15 is 0 Å². The van der Waals surface area contributed by atoms with Crippen LogP contribution in [0.3, 0.4) is 0 Å². The number of carbonyl (C=O) groups excluding carboxylic acids is 3. The molecule has 0 spiro atoms. The minimum Gasteiger partial charge on any atom is -0.507 e. The molecule has 5 rings (SSSR count). The molecule has 2 bridgehead atoms. The Balaban J connectivity index is 1.11. The number of ether oxygens (including phenoxy) is 4. The second-order valence-electron chi connectivity index (χ2n) is 9.23. The number of hydrogen-bond donors (Lipinski definition) is 3. The summed E-state index contributed by atoms with van der Waals surface area (Å²) in [6.45, 7) is 0.782. The number of nitrogens with one attached hydrogen (secondary N) is 2. The van der Waals surface area contributed by atoms with Crippen molar-refractivity contribution in [2.45, 2.75) is 49.9 Å². The second kappa shape index (κ2) is 10.1. The van der Waals surface area contributed by atoms with Gasteiger partial charge in [0, 0.05) is 29.8 Å². The number of aromatic hydroxyl groups is 1. The number of amides is 2. The molecule has 3 aliphatic rings. The number of morpholine rings is 1. The fourth-order valence-corrected chi connectivity index (χ4v) is 5.04. The van der Waals surface area contributed by atoms with Gasteiger partial charge in [-0.05, 0) is 25.7 Å². The van der Waals surface area contributed by atoms with E-state index in [1.54, 1.807) is 11.0 Å². The van der Waals surface area contributed by atoms with Crippen LogP contribution in [-0.4, -0.2) is 83.6 Å². The average Bonchev–Trinajstić information content (AvgIpc) is 3.67. The number of anilines is 1. The summed E-state index contributed by atoms with van der Waals surface area (Å²) in [6, 6.07) is 4.57. The van der Waals surface area contributed by atoms with Crippen molar-refractivity contribution < 1.29 is 38.4 Å². The molecule has 12 heteroatoms. The smallest absolute Gasteiger partial charge is 0.410 e. The van der Waals surface area contributed by atoms with Crippen LogP contribution in [0.1, 0.15) is 47.7 Å². The molecule has 1 aliphatic carbocycles. The third-order valence-electron chi connectivity index (χ3n) is 6.90. The number of hydrogen-bond acceptors (Lipinski definition) is 9. The zero-order chi connectivity index (χ0) is 25.2. The normalized spacial score (nSPS) is 24.5. The van der Waals surface area contributed by atoms with Crippen molar-refractivity contribution >= 4 is 24.1 Å². The van der Waals surface area contributed by atoms with E-state index < -0.39 is 12.5 Å². The summed E-state index contributed by atoms with van der Waals surface area (Å²) < 4.78 is 21.8. The summed E-state index contributed by atoms with van der Waals surface area (Å²) in [7, 11) is 1.41. The van der Waals surface area contributed by atoms with Crippen molar-refractivity contribution in [3.05, 3.63) is 29.5 Å². The van der Waals surface area contributed by atoms with Crippen LogP contribution in [0.15, 0.2) is 18.2 Å². The number of fused-ring (bicyclic) bond motifs is 2. The number of carbonyl (C=O) groups is 3. The molecule has 2 saturated heterocycles. The van der Waals surface area contributed by atoms with E-state index in [0.29, 0.717) is 31.7 Å². The Morgan fingerprint density at radius 2 is 2.17 bits per heavy atom. The van der Waals surface area contributed by atoms with E-state index in [-0.39, 0.29) is 53.1 Å². The van der Waals surface area contributed by atoms with E-state index in [9.17, 15) is 19.5 Å². The summed E-state index contributed by atoms with van der Waals surface area (Å²) in [5.74, 6) is -0.0248. The first-order chi connectivity index (χ1) is 17.4. The highest BCUT2D eigenvalue weighted by atomic mass is 16.6. The Bertz CT molecular complexity index is 1150. The first-order valence-corrected chi connectivity index (χ1v) is 11.9. The molecule has 0 radical (unpaired) electrons. The molecule has 3 heterocycles. The number of aromatic nitrogens is 2. The number of phenols is 1. The van der Waals surface area contributed by atoms with Crippen LogP contribution in [0.5, 0.6) is 17.2 Å². The van der Waals surface area contributed by atoms with E-state index in [1.165, 1.54) is 19.2 Å². The summed E-state index contributed by atoms with van der Waals surface area (Å²) in [6.07, 6.45) is 3.30. The predicted molar refractivity (Wildman–Crippen MR) is 124 cm³/mol. The Kier molecular flexibility index (Phi) is 6.68. The molecule has 12 nitrogen and oxygen atoms in total. The first-order valence-electron chi connectivity index (χ1n) is 11.9. The molecule has 4 atom stereocenters. The molecule has 2 aliphatic heterocycles. The SMILES string of the molecule is COc1cc(O)c(C=O)c(OCC(=O)Nc2cc(C3CCC(OC(=O)N4C[C@@H]5C[C@H]4CO5)C3)[nH]n2)c1. The van der Waals surface area contributed by atoms with E-state index in [0.717, 1.165) is 25.0 Å². The quantitative estimate of drug-likeness (QED) is 0.463. The zero-order valence-corrected chi connectivity index (χ0v) is 19.8. The first kappa shape index (κ1) is 23.9. The van der Waals surface area contributed by atoms with Gasteiger partial charge in [-0.2, -0.15) is 5.10 Å². The van der Waals surface area contributed by atoms with Gasteiger partial charge in [0.15, 0.2) is 18.7 Å². The fraction of sp³-hybridized carbons (Fsp3) is 0.500. The van der Waals surface area contributed by atoms with Gasteiger partial charge in [0.2, 0.25) is 0 Å². The van der Waals surface area contributed by atoms with Crippen LogP contribution < -0.4 is 14.8 Å². The van der Waals surface area contributed by atoms with Gasteiger partial charge in [-0.1, -0.05) is 0 Å². The number of nitrogens with zero attached hydrogens (tertiary/aromatic N) is 2. The predicted octanol–water partition coefficient (Wildman–Crippen LogP) is 2.20. The van der Waals surface area contributed by atoms with Crippen molar-refractivity contribution in [3.8, 4) is 17.2 Å². The van der Waals surface area contributed by atoms with Gasteiger partial charge >= 0.3 is 6.09 Å². The average molecular weight is 501 g/mol. The number of likely N-dealkylation sites (tertiary alicyclic amines) is 1. The minimum absolute atomic E-state index is 0.0283. The molecule has 2 aromatic rings. The molecule has 192 valence electrons. The molecule has 1 saturated carbocycles. The Morgan fingerprint density at radius 3 is 2.89 bits per heavy atom. The standard InChI is InChI=1S/C24H28N4O8/c1-33-16-6-20(30)18(10-29)21(7-16)35-12-23(31)25-22-8-19(26-27-22)13-2-3-15(4-13)36-24(32)28-9-17-5-14(28)11-34-17/h6-8,10,13-15,17,30H,2-5,9,11-12H2,1H3,(H2,25,26,27,31)/t13?,14-,15?,17-/m0/s1. The van der Waals surface area contributed by atoms with Gasteiger partial charge in [-0.15, -0.1) is 0 Å².